The van der Waals surface area contributed by atoms with Crippen LogP contribution in [-0.2, 0) is 9.59 Å². The van der Waals surface area contributed by atoms with E-state index in [-0.39, 0.29) is 23.4 Å². The Morgan fingerprint density at radius 3 is 2.50 bits per heavy atom. The van der Waals surface area contributed by atoms with Gasteiger partial charge in [0.2, 0.25) is 5.91 Å². The fourth-order valence-corrected chi connectivity index (χ4v) is 2.61. The highest BCUT2D eigenvalue weighted by atomic mass is 19.1. The van der Waals surface area contributed by atoms with Gasteiger partial charge in [0, 0.05) is 5.69 Å². The zero-order chi connectivity index (χ0) is 17.3. The summed E-state index contributed by atoms with van der Waals surface area (Å²) < 4.78 is 13.9. The highest BCUT2D eigenvalue weighted by molar-refractivity contribution is 6.23. The first-order valence-corrected chi connectivity index (χ1v) is 7.19. The second-order valence-electron chi connectivity index (χ2n) is 5.27. The minimum absolute atomic E-state index is 0.0120. The van der Waals surface area contributed by atoms with Crippen LogP contribution in [0.3, 0.4) is 0 Å². The normalized spacial score (nSPS) is 17.2. The van der Waals surface area contributed by atoms with Crippen molar-refractivity contribution in [3.63, 3.8) is 0 Å². The van der Waals surface area contributed by atoms with E-state index < -0.39 is 29.6 Å². The molecule has 1 atom stereocenters. The molecular weight excluding hydrogens is 315 g/mol. The number of benzene rings is 2. The molecule has 24 heavy (non-hydrogen) atoms. The Balaban J connectivity index is 1.88. The van der Waals surface area contributed by atoms with E-state index in [4.69, 9.17) is 0 Å². The van der Waals surface area contributed by atoms with Crippen molar-refractivity contribution in [1.82, 2.24) is 0 Å². The largest absolute Gasteiger partial charge is 0.478 e. The number of carbonyl (C=O) groups is 3. The van der Waals surface area contributed by atoms with Gasteiger partial charge in [-0.2, -0.15) is 0 Å². The number of carboxylic acid groups (broad SMARTS) is 1. The SMILES string of the molecule is O=C(O)c1ccccc1NC1CC(=O)N(c2ccccc2F)C1=O. The second kappa shape index (κ2) is 6.11. The standard InChI is InChI=1S/C17H13FN2O4/c18-11-6-2-4-8-14(11)20-15(21)9-13(16(20)22)19-12-7-3-1-5-10(12)17(23)24/h1-8,13,19H,9H2,(H,23,24). The molecule has 1 fully saturated rings. The molecule has 1 aliphatic heterocycles. The molecule has 2 aromatic carbocycles. The molecule has 0 spiro atoms. The Labute approximate surface area is 136 Å². The van der Waals surface area contributed by atoms with Crippen LogP contribution in [0.2, 0.25) is 0 Å². The summed E-state index contributed by atoms with van der Waals surface area (Å²) in [5.41, 5.74) is 0.108. The van der Waals surface area contributed by atoms with Crippen molar-refractivity contribution in [3.8, 4) is 0 Å². The predicted octanol–water partition coefficient (Wildman–Crippen LogP) is 2.27. The minimum Gasteiger partial charge on any atom is -0.478 e. The van der Waals surface area contributed by atoms with Gasteiger partial charge in [-0.15, -0.1) is 0 Å². The molecule has 0 aromatic heterocycles. The second-order valence-corrected chi connectivity index (χ2v) is 5.27. The van der Waals surface area contributed by atoms with E-state index in [0.29, 0.717) is 0 Å². The van der Waals surface area contributed by atoms with Gasteiger partial charge in [-0.1, -0.05) is 24.3 Å². The lowest BCUT2D eigenvalue weighted by molar-refractivity contribution is -0.121. The summed E-state index contributed by atoms with van der Waals surface area (Å²) in [4.78, 5) is 36.6. The van der Waals surface area contributed by atoms with Gasteiger partial charge < -0.3 is 10.4 Å². The topological polar surface area (TPSA) is 86.7 Å². The maximum atomic E-state index is 13.9. The smallest absolute Gasteiger partial charge is 0.337 e. The van der Waals surface area contributed by atoms with Gasteiger partial charge in [0.25, 0.3) is 5.91 Å². The molecule has 1 aliphatic rings. The summed E-state index contributed by atoms with van der Waals surface area (Å²) >= 11 is 0. The van der Waals surface area contributed by atoms with Crippen LogP contribution in [0.4, 0.5) is 15.8 Å². The number of aromatic carboxylic acids is 1. The molecule has 1 unspecified atom stereocenters. The van der Waals surface area contributed by atoms with Gasteiger partial charge in [0.15, 0.2) is 0 Å². The molecule has 1 heterocycles. The molecule has 3 rings (SSSR count). The summed E-state index contributed by atoms with van der Waals surface area (Å²) in [6.07, 6.45) is -0.179. The van der Waals surface area contributed by atoms with Gasteiger partial charge >= 0.3 is 5.97 Å². The Bertz CT molecular complexity index is 837. The van der Waals surface area contributed by atoms with Crippen LogP contribution in [-0.4, -0.2) is 28.9 Å². The quantitative estimate of drug-likeness (QED) is 0.841. The van der Waals surface area contributed by atoms with Crippen molar-refractivity contribution in [1.29, 1.82) is 0 Å². The summed E-state index contributed by atoms with van der Waals surface area (Å²) in [7, 11) is 0. The number of imide groups is 1. The predicted molar refractivity (Wildman–Crippen MR) is 84.3 cm³/mol. The first-order chi connectivity index (χ1) is 11.5. The number of para-hydroxylation sites is 2. The first-order valence-electron chi connectivity index (χ1n) is 7.19. The van der Waals surface area contributed by atoms with Gasteiger partial charge in [0.05, 0.1) is 17.7 Å². The molecule has 122 valence electrons. The molecule has 0 radical (unpaired) electrons. The van der Waals surface area contributed by atoms with Crippen molar-refractivity contribution in [2.45, 2.75) is 12.5 Å². The summed E-state index contributed by atoms with van der Waals surface area (Å²) in [5.74, 6) is -2.99. The zero-order valence-corrected chi connectivity index (χ0v) is 12.4. The lowest BCUT2D eigenvalue weighted by Gasteiger charge is -2.17. The van der Waals surface area contributed by atoms with Crippen LogP contribution < -0.4 is 10.2 Å². The third kappa shape index (κ3) is 2.71. The fraction of sp³-hybridized carbons (Fsp3) is 0.118. The fourth-order valence-electron chi connectivity index (χ4n) is 2.61. The number of amides is 2. The van der Waals surface area contributed by atoms with Crippen molar-refractivity contribution in [3.05, 3.63) is 59.9 Å². The van der Waals surface area contributed by atoms with E-state index in [1.165, 1.54) is 30.3 Å². The highest BCUT2D eigenvalue weighted by Crippen LogP contribution is 2.27. The third-order valence-corrected chi connectivity index (χ3v) is 3.73. The Hall–Kier alpha value is -3.22. The minimum atomic E-state index is -1.15. The van der Waals surface area contributed by atoms with E-state index in [0.717, 1.165) is 11.0 Å². The third-order valence-electron chi connectivity index (χ3n) is 3.73. The van der Waals surface area contributed by atoms with E-state index in [1.807, 2.05) is 0 Å². The Kier molecular flexibility index (Phi) is 3.99. The van der Waals surface area contributed by atoms with Gasteiger partial charge in [-0.25, -0.2) is 14.1 Å². The number of anilines is 2. The maximum absolute atomic E-state index is 13.9. The summed E-state index contributed by atoms with van der Waals surface area (Å²) in [6.45, 7) is 0. The number of nitrogens with zero attached hydrogens (tertiary/aromatic N) is 1. The van der Waals surface area contributed by atoms with Gasteiger partial charge in [0.1, 0.15) is 11.9 Å². The molecule has 0 bridgehead atoms. The van der Waals surface area contributed by atoms with Crippen molar-refractivity contribution in [2.24, 2.45) is 0 Å². The number of halogens is 1. The van der Waals surface area contributed by atoms with Crippen molar-refractivity contribution in [2.75, 3.05) is 10.2 Å². The molecule has 6 nitrogen and oxygen atoms in total. The van der Waals surface area contributed by atoms with Crippen LogP contribution in [0.15, 0.2) is 48.5 Å². The molecule has 0 saturated carbocycles. The lowest BCUT2D eigenvalue weighted by Crippen LogP contribution is -2.35. The molecule has 1 saturated heterocycles. The lowest BCUT2D eigenvalue weighted by atomic mass is 10.1. The molecule has 0 aliphatic carbocycles. The summed E-state index contributed by atoms with van der Waals surface area (Å²) in [5, 5.41) is 11.9. The monoisotopic (exact) mass is 328 g/mol. The van der Waals surface area contributed by atoms with E-state index in [1.54, 1.807) is 12.1 Å². The van der Waals surface area contributed by atoms with Crippen LogP contribution in [0.5, 0.6) is 0 Å². The van der Waals surface area contributed by atoms with Crippen LogP contribution >= 0.6 is 0 Å². The highest BCUT2D eigenvalue weighted by Gasteiger charge is 2.40. The number of nitrogens with one attached hydrogen (secondary N) is 1. The molecule has 2 N–H and O–H groups in total. The number of hydrogen-bond donors (Lipinski definition) is 2. The van der Waals surface area contributed by atoms with Crippen LogP contribution in [0, 0.1) is 5.82 Å². The van der Waals surface area contributed by atoms with Gasteiger partial charge in [-0.3, -0.25) is 9.59 Å². The first kappa shape index (κ1) is 15.7. The Morgan fingerprint density at radius 1 is 1.12 bits per heavy atom. The van der Waals surface area contributed by atoms with E-state index >= 15 is 0 Å². The Morgan fingerprint density at radius 2 is 1.79 bits per heavy atom. The van der Waals surface area contributed by atoms with Crippen LogP contribution in [0.1, 0.15) is 16.8 Å². The number of rotatable bonds is 4. The van der Waals surface area contributed by atoms with Crippen LogP contribution in [0.25, 0.3) is 0 Å². The van der Waals surface area contributed by atoms with Crippen molar-refractivity contribution >= 4 is 29.2 Å². The van der Waals surface area contributed by atoms with E-state index in [2.05, 4.69) is 5.32 Å². The molecule has 7 heteroatoms. The molecule has 2 amide bonds. The average molecular weight is 328 g/mol. The number of carboxylic acids is 1. The zero-order valence-electron chi connectivity index (χ0n) is 12.4. The summed E-state index contributed by atoms with van der Waals surface area (Å²) in [6, 6.07) is 10.6. The maximum Gasteiger partial charge on any atom is 0.337 e. The average Bonchev–Trinajstić information content (AvgIpc) is 2.82. The van der Waals surface area contributed by atoms with Crippen molar-refractivity contribution < 1.29 is 23.9 Å². The van der Waals surface area contributed by atoms with E-state index in [9.17, 15) is 23.9 Å². The number of hydrogen-bond acceptors (Lipinski definition) is 4. The molecule has 2 aromatic rings. The molecular formula is C17H13FN2O4. The number of carbonyl (C=O) groups excluding carboxylic acids is 2. The van der Waals surface area contributed by atoms with Gasteiger partial charge in [-0.05, 0) is 24.3 Å².